The van der Waals surface area contributed by atoms with Crippen molar-refractivity contribution >= 4 is 50.5 Å². The van der Waals surface area contributed by atoms with Gasteiger partial charge in [0.05, 0.1) is 8.67 Å². The molecule has 0 aromatic carbocycles. The molecule has 0 aliphatic heterocycles. The molecule has 0 aliphatic carbocycles. The van der Waals surface area contributed by atoms with Gasteiger partial charge in [-0.25, -0.2) is 0 Å². The molecule has 1 aromatic heterocycles. The van der Waals surface area contributed by atoms with Crippen molar-refractivity contribution in [1.29, 1.82) is 0 Å². The zero-order chi connectivity index (χ0) is 10.9. The van der Waals surface area contributed by atoms with Crippen LogP contribution in [0.5, 0.6) is 0 Å². The van der Waals surface area contributed by atoms with Crippen LogP contribution < -0.4 is 0 Å². The maximum atomic E-state index is 6.09. The molecule has 14 heavy (non-hydrogen) atoms. The molecule has 4 heteroatoms. The van der Waals surface area contributed by atoms with Gasteiger partial charge in [-0.2, -0.15) is 0 Å². The summed E-state index contributed by atoms with van der Waals surface area (Å²) in [6.07, 6.45) is 0. The summed E-state index contributed by atoms with van der Waals surface area (Å²) < 4.78 is 1.55. The van der Waals surface area contributed by atoms with Crippen molar-refractivity contribution in [1.82, 2.24) is 0 Å². The summed E-state index contributed by atoms with van der Waals surface area (Å²) in [5, 5.41) is 0. The second kappa shape index (κ2) is 5.20. The Labute approximate surface area is 108 Å². The van der Waals surface area contributed by atoms with E-state index in [4.69, 9.17) is 23.2 Å². The van der Waals surface area contributed by atoms with Crippen molar-refractivity contribution in [3.63, 3.8) is 0 Å². The molecule has 0 saturated carbocycles. The second-order valence-corrected chi connectivity index (χ2v) is 7.06. The Kier molecular flexibility index (Phi) is 4.76. The molecule has 0 N–H and O–H groups in total. The minimum atomic E-state index is 0.291. The summed E-state index contributed by atoms with van der Waals surface area (Å²) in [6, 6.07) is 1.95. The molecule has 2 unspecified atom stereocenters. The molecule has 0 fully saturated rings. The molecule has 2 atom stereocenters. The fraction of sp³-hybridized carbons (Fsp3) is 0.600. The zero-order valence-corrected chi connectivity index (χ0v) is 12.3. The molecule has 80 valence electrons. The van der Waals surface area contributed by atoms with Gasteiger partial charge in [-0.15, -0.1) is 11.3 Å². The average Bonchev–Trinajstić information content (AvgIpc) is 2.42. The molecule has 1 rings (SSSR count). The van der Waals surface area contributed by atoms with Gasteiger partial charge in [-0.05, 0) is 23.5 Å². The smallest absolute Gasteiger partial charge is 0.0987 e. The van der Waals surface area contributed by atoms with Crippen LogP contribution >= 0.6 is 50.5 Å². The minimum Gasteiger partial charge on any atom is -0.111 e. The van der Waals surface area contributed by atoms with Crippen molar-refractivity contribution in [3.05, 3.63) is 20.3 Å². The maximum Gasteiger partial charge on any atom is 0.0987 e. The van der Waals surface area contributed by atoms with E-state index in [2.05, 4.69) is 36.7 Å². The number of halogens is 3. The van der Waals surface area contributed by atoms with E-state index < -0.39 is 0 Å². The van der Waals surface area contributed by atoms with E-state index in [0.717, 1.165) is 14.2 Å². The predicted molar refractivity (Wildman–Crippen MR) is 70.0 cm³/mol. The maximum absolute atomic E-state index is 6.09. The van der Waals surface area contributed by atoms with Gasteiger partial charge in [0.2, 0.25) is 0 Å². The summed E-state index contributed by atoms with van der Waals surface area (Å²) in [6.45, 7) is 6.63. The third-order valence-electron chi connectivity index (χ3n) is 2.49. The predicted octanol–water partition coefficient (Wildman–Crippen LogP) is 5.78. The van der Waals surface area contributed by atoms with Crippen LogP contribution in [0.2, 0.25) is 8.67 Å². The molecule has 0 spiro atoms. The Bertz CT molecular complexity index is 309. The minimum absolute atomic E-state index is 0.291. The number of hydrogen-bond acceptors (Lipinski definition) is 1. The summed E-state index contributed by atoms with van der Waals surface area (Å²) in [5.41, 5.74) is 1.11. The lowest BCUT2D eigenvalue weighted by molar-refractivity contribution is 0.415. The van der Waals surface area contributed by atoms with E-state index in [-0.39, 0.29) is 0 Å². The van der Waals surface area contributed by atoms with Gasteiger partial charge >= 0.3 is 0 Å². The van der Waals surface area contributed by atoms with Crippen molar-refractivity contribution in [2.75, 3.05) is 0 Å². The summed E-state index contributed by atoms with van der Waals surface area (Å²) >= 11 is 17.1. The van der Waals surface area contributed by atoms with Crippen LogP contribution in [0.15, 0.2) is 6.07 Å². The van der Waals surface area contributed by atoms with Crippen molar-refractivity contribution in [2.24, 2.45) is 11.8 Å². The highest BCUT2D eigenvalue weighted by molar-refractivity contribution is 9.09. The van der Waals surface area contributed by atoms with Crippen LogP contribution in [0.25, 0.3) is 0 Å². The van der Waals surface area contributed by atoms with E-state index in [9.17, 15) is 0 Å². The Morgan fingerprint density at radius 1 is 1.29 bits per heavy atom. The van der Waals surface area contributed by atoms with E-state index in [1.54, 1.807) is 0 Å². The van der Waals surface area contributed by atoms with E-state index in [0.29, 0.717) is 16.7 Å². The Hall–Kier alpha value is 0.760. The highest BCUT2D eigenvalue weighted by Crippen LogP contribution is 2.43. The molecular formula is C10H13BrCl2S. The molecule has 0 amide bonds. The molecular weight excluding hydrogens is 303 g/mol. The van der Waals surface area contributed by atoms with Crippen LogP contribution in [0.1, 0.15) is 31.2 Å². The van der Waals surface area contributed by atoms with E-state index >= 15 is 0 Å². The molecule has 0 saturated heterocycles. The zero-order valence-electron chi connectivity index (χ0n) is 8.35. The standard InChI is InChI=1S/C10H13BrCl2S/c1-5(2)6(3)9(11)7-4-8(12)14-10(7)13/h4-6,9H,1-3H3. The number of rotatable bonds is 3. The van der Waals surface area contributed by atoms with Crippen LogP contribution in [-0.2, 0) is 0 Å². The summed E-state index contributed by atoms with van der Waals surface area (Å²) in [7, 11) is 0. The van der Waals surface area contributed by atoms with Crippen LogP contribution in [-0.4, -0.2) is 0 Å². The molecule has 0 aliphatic rings. The molecule has 1 aromatic rings. The first-order valence-electron chi connectivity index (χ1n) is 4.52. The Morgan fingerprint density at radius 2 is 1.86 bits per heavy atom. The molecule has 0 nitrogen and oxygen atoms in total. The third kappa shape index (κ3) is 2.88. The fourth-order valence-electron chi connectivity index (χ4n) is 1.16. The van der Waals surface area contributed by atoms with Gasteiger partial charge in [0.25, 0.3) is 0 Å². The first-order chi connectivity index (χ1) is 6.43. The fourth-order valence-corrected chi connectivity index (χ4v) is 3.97. The van der Waals surface area contributed by atoms with E-state index in [1.165, 1.54) is 11.3 Å². The van der Waals surface area contributed by atoms with Gasteiger partial charge in [-0.3, -0.25) is 0 Å². The number of thiophene rings is 1. The van der Waals surface area contributed by atoms with Gasteiger partial charge in [-0.1, -0.05) is 59.9 Å². The molecule has 0 bridgehead atoms. The first kappa shape index (κ1) is 12.8. The van der Waals surface area contributed by atoms with Gasteiger partial charge in [0.1, 0.15) is 0 Å². The van der Waals surface area contributed by atoms with Crippen molar-refractivity contribution < 1.29 is 0 Å². The Morgan fingerprint density at radius 3 is 2.21 bits per heavy atom. The highest BCUT2D eigenvalue weighted by atomic mass is 79.9. The quantitative estimate of drug-likeness (QED) is 0.620. The third-order valence-corrected chi connectivity index (χ3v) is 5.34. The highest BCUT2D eigenvalue weighted by Gasteiger charge is 2.22. The Balaban J connectivity index is 2.88. The number of alkyl halides is 1. The van der Waals surface area contributed by atoms with Gasteiger partial charge in [0.15, 0.2) is 0 Å². The summed E-state index contributed by atoms with van der Waals surface area (Å²) in [4.78, 5) is 0.291. The van der Waals surface area contributed by atoms with Crippen LogP contribution in [0.4, 0.5) is 0 Å². The van der Waals surface area contributed by atoms with Gasteiger partial charge in [0, 0.05) is 4.83 Å². The monoisotopic (exact) mass is 314 g/mol. The lowest BCUT2D eigenvalue weighted by atomic mass is 9.92. The van der Waals surface area contributed by atoms with Crippen LogP contribution in [0, 0.1) is 11.8 Å². The van der Waals surface area contributed by atoms with Crippen molar-refractivity contribution in [3.8, 4) is 0 Å². The SMILES string of the molecule is CC(C)C(C)C(Br)c1cc(Cl)sc1Cl. The van der Waals surface area contributed by atoms with Crippen LogP contribution in [0.3, 0.4) is 0 Å². The lowest BCUT2D eigenvalue weighted by Crippen LogP contribution is -2.09. The van der Waals surface area contributed by atoms with E-state index in [1.807, 2.05) is 6.07 Å². The largest absolute Gasteiger partial charge is 0.111 e. The first-order valence-corrected chi connectivity index (χ1v) is 7.01. The topological polar surface area (TPSA) is 0 Å². The number of hydrogen-bond donors (Lipinski definition) is 0. The molecule has 1 heterocycles. The average molecular weight is 316 g/mol. The summed E-state index contributed by atoms with van der Waals surface area (Å²) in [5.74, 6) is 1.16. The molecule has 0 radical (unpaired) electrons. The lowest BCUT2D eigenvalue weighted by Gasteiger charge is -2.21. The van der Waals surface area contributed by atoms with Gasteiger partial charge < -0.3 is 0 Å². The second-order valence-electron chi connectivity index (χ2n) is 3.78. The van der Waals surface area contributed by atoms with Crippen molar-refractivity contribution in [2.45, 2.75) is 25.6 Å². The normalized spacial score (nSPS) is 15.9.